The largest absolute Gasteiger partial charge is 0.456 e. The van der Waals surface area contributed by atoms with Gasteiger partial charge < -0.3 is 9.72 Å². The molecule has 0 atom stereocenters. The van der Waals surface area contributed by atoms with Crippen LogP contribution >= 0.6 is 23.4 Å². The Labute approximate surface area is 142 Å². The second kappa shape index (κ2) is 5.80. The highest BCUT2D eigenvalue weighted by Crippen LogP contribution is 2.34. The van der Waals surface area contributed by atoms with Crippen molar-refractivity contribution in [3.05, 3.63) is 59.6 Å². The number of hydrogen-bond acceptors (Lipinski definition) is 3. The van der Waals surface area contributed by atoms with Gasteiger partial charge in [-0.2, -0.15) is 0 Å². The molecule has 0 radical (unpaired) electrons. The molecular formula is C18H13ClN2OS. The van der Waals surface area contributed by atoms with E-state index in [1.165, 1.54) is 5.39 Å². The highest BCUT2D eigenvalue weighted by Gasteiger charge is 2.10. The standard InChI is InChI=1S/C18H13ClN2OS/c1-23-18-20-15-9-14(19)17(10-16(15)21-18)22-13-7-6-11-4-2-3-5-12(11)8-13/h2-10H,1H3,(H,20,21). The molecule has 0 aliphatic heterocycles. The summed E-state index contributed by atoms with van der Waals surface area (Å²) in [6.45, 7) is 0. The Hall–Kier alpha value is -2.17. The smallest absolute Gasteiger partial charge is 0.166 e. The summed E-state index contributed by atoms with van der Waals surface area (Å²) in [5.41, 5.74) is 1.75. The Morgan fingerprint density at radius 1 is 1.04 bits per heavy atom. The lowest BCUT2D eigenvalue weighted by atomic mass is 10.1. The molecule has 23 heavy (non-hydrogen) atoms. The van der Waals surface area contributed by atoms with Gasteiger partial charge in [-0.1, -0.05) is 53.7 Å². The fourth-order valence-corrected chi connectivity index (χ4v) is 3.12. The number of thioether (sulfide) groups is 1. The van der Waals surface area contributed by atoms with Crippen LogP contribution in [-0.2, 0) is 0 Å². The number of aromatic nitrogens is 2. The van der Waals surface area contributed by atoms with Crippen molar-refractivity contribution in [3.63, 3.8) is 0 Å². The van der Waals surface area contributed by atoms with Crippen molar-refractivity contribution in [3.8, 4) is 11.5 Å². The molecule has 0 bridgehead atoms. The fraction of sp³-hybridized carbons (Fsp3) is 0.0556. The van der Waals surface area contributed by atoms with Gasteiger partial charge in [0.15, 0.2) is 5.16 Å². The highest BCUT2D eigenvalue weighted by molar-refractivity contribution is 7.98. The number of ether oxygens (including phenoxy) is 1. The van der Waals surface area contributed by atoms with E-state index in [1.807, 2.05) is 48.7 Å². The monoisotopic (exact) mass is 340 g/mol. The summed E-state index contributed by atoms with van der Waals surface area (Å²) >= 11 is 7.91. The van der Waals surface area contributed by atoms with E-state index in [0.717, 1.165) is 27.3 Å². The number of imidazole rings is 1. The molecule has 1 aromatic heterocycles. The Bertz CT molecular complexity index is 1010. The maximum Gasteiger partial charge on any atom is 0.166 e. The van der Waals surface area contributed by atoms with E-state index in [4.69, 9.17) is 16.3 Å². The minimum absolute atomic E-state index is 0.557. The van der Waals surface area contributed by atoms with Gasteiger partial charge in [-0.25, -0.2) is 4.98 Å². The van der Waals surface area contributed by atoms with Crippen molar-refractivity contribution in [2.45, 2.75) is 5.16 Å². The fourth-order valence-electron chi connectivity index (χ4n) is 2.52. The number of benzene rings is 3. The van der Waals surface area contributed by atoms with Gasteiger partial charge in [-0.05, 0) is 35.2 Å². The molecule has 114 valence electrons. The first kappa shape index (κ1) is 14.4. The Kier molecular flexibility index (Phi) is 3.63. The van der Waals surface area contributed by atoms with E-state index in [9.17, 15) is 0 Å². The van der Waals surface area contributed by atoms with Crippen molar-refractivity contribution in [1.29, 1.82) is 0 Å². The molecule has 0 spiro atoms. The molecule has 3 aromatic carbocycles. The molecule has 4 rings (SSSR count). The molecule has 0 aliphatic carbocycles. The normalized spacial score (nSPS) is 11.2. The molecule has 0 saturated carbocycles. The van der Waals surface area contributed by atoms with E-state index in [-0.39, 0.29) is 0 Å². The number of fused-ring (bicyclic) bond motifs is 2. The van der Waals surface area contributed by atoms with Crippen LogP contribution in [0.2, 0.25) is 5.02 Å². The van der Waals surface area contributed by atoms with Crippen LogP contribution in [0.1, 0.15) is 0 Å². The number of H-pyrrole nitrogens is 1. The third kappa shape index (κ3) is 2.76. The van der Waals surface area contributed by atoms with Crippen LogP contribution in [-0.4, -0.2) is 16.2 Å². The number of nitrogens with zero attached hydrogens (tertiary/aromatic N) is 1. The van der Waals surface area contributed by atoms with E-state index in [0.29, 0.717) is 10.8 Å². The van der Waals surface area contributed by atoms with Crippen LogP contribution in [0.4, 0.5) is 0 Å². The first-order valence-corrected chi connectivity index (χ1v) is 8.73. The molecular weight excluding hydrogens is 328 g/mol. The van der Waals surface area contributed by atoms with Crippen LogP contribution in [0, 0.1) is 0 Å². The van der Waals surface area contributed by atoms with Crippen molar-refractivity contribution in [2.75, 3.05) is 6.26 Å². The highest BCUT2D eigenvalue weighted by atomic mass is 35.5. The van der Waals surface area contributed by atoms with Gasteiger partial charge >= 0.3 is 0 Å². The van der Waals surface area contributed by atoms with Gasteiger partial charge in [0, 0.05) is 6.07 Å². The van der Waals surface area contributed by atoms with Gasteiger partial charge in [0.25, 0.3) is 0 Å². The average Bonchev–Trinajstić information content (AvgIpc) is 2.97. The van der Waals surface area contributed by atoms with Gasteiger partial charge in [0.2, 0.25) is 0 Å². The molecule has 0 amide bonds. The topological polar surface area (TPSA) is 37.9 Å². The molecule has 1 heterocycles. The Morgan fingerprint density at radius 3 is 2.70 bits per heavy atom. The van der Waals surface area contributed by atoms with E-state index in [2.05, 4.69) is 22.1 Å². The number of halogens is 1. The van der Waals surface area contributed by atoms with E-state index in [1.54, 1.807) is 11.8 Å². The zero-order chi connectivity index (χ0) is 15.8. The first-order chi connectivity index (χ1) is 11.2. The number of hydrogen-bond donors (Lipinski definition) is 1. The Morgan fingerprint density at radius 2 is 1.87 bits per heavy atom. The molecule has 0 fully saturated rings. The lowest BCUT2D eigenvalue weighted by molar-refractivity contribution is 0.484. The van der Waals surface area contributed by atoms with Crippen LogP contribution in [0.5, 0.6) is 11.5 Å². The predicted octanol–water partition coefficient (Wildman–Crippen LogP) is 5.88. The lowest BCUT2D eigenvalue weighted by Crippen LogP contribution is -1.86. The summed E-state index contributed by atoms with van der Waals surface area (Å²) in [6.07, 6.45) is 1.98. The molecule has 5 heteroatoms. The number of rotatable bonds is 3. The second-order valence-electron chi connectivity index (χ2n) is 5.16. The third-order valence-electron chi connectivity index (χ3n) is 3.66. The van der Waals surface area contributed by atoms with Crippen molar-refractivity contribution < 1.29 is 4.74 Å². The second-order valence-corrected chi connectivity index (χ2v) is 6.36. The summed E-state index contributed by atoms with van der Waals surface area (Å²) in [5, 5.41) is 3.73. The summed E-state index contributed by atoms with van der Waals surface area (Å²) in [7, 11) is 0. The van der Waals surface area contributed by atoms with Crippen molar-refractivity contribution in [1.82, 2.24) is 9.97 Å². The number of nitrogens with one attached hydrogen (secondary N) is 1. The quantitative estimate of drug-likeness (QED) is 0.473. The Balaban J connectivity index is 1.74. The summed E-state index contributed by atoms with van der Waals surface area (Å²) in [5.74, 6) is 1.36. The first-order valence-electron chi connectivity index (χ1n) is 7.13. The summed E-state index contributed by atoms with van der Waals surface area (Å²) in [4.78, 5) is 7.71. The SMILES string of the molecule is CSc1nc2cc(Oc3ccc4ccccc4c3)c(Cl)cc2[nH]1. The molecule has 0 aliphatic rings. The number of aromatic amines is 1. The molecule has 0 saturated heterocycles. The van der Waals surface area contributed by atoms with Crippen molar-refractivity contribution in [2.24, 2.45) is 0 Å². The van der Waals surface area contributed by atoms with E-state index < -0.39 is 0 Å². The molecule has 4 aromatic rings. The van der Waals surface area contributed by atoms with Gasteiger partial charge in [0.05, 0.1) is 16.1 Å². The molecule has 3 nitrogen and oxygen atoms in total. The van der Waals surface area contributed by atoms with Crippen LogP contribution in [0.3, 0.4) is 0 Å². The van der Waals surface area contributed by atoms with Crippen LogP contribution in [0.25, 0.3) is 21.8 Å². The minimum Gasteiger partial charge on any atom is -0.456 e. The van der Waals surface area contributed by atoms with Gasteiger partial charge in [0.1, 0.15) is 11.5 Å². The van der Waals surface area contributed by atoms with Crippen LogP contribution in [0.15, 0.2) is 59.8 Å². The predicted molar refractivity (Wildman–Crippen MR) is 96.9 cm³/mol. The van der Waals surface area contributed by atoms with Crippen LogP contribution < -0.4 is 4.74 Å². The van der Waals surface area contributed by atoms with Gasteiger partial charge in [-0.3, -0.25) is 0 Å². The zero-order valence-electron chi connectivity index (χ0n) is 12.3. The molecule has 0 unspecified atom stereocenters. The maximum atomic E-state index is 6.34. The maximum absolute atomic E-state index is 6.34. The van der Waals surface area contributed by atoms with E-state index >= 15 is 0 Å². The average molecular weight is 341 g/mol. The van der Waals surface area contributed by atoms with Gasteiger partial charge in [-0.15, -0.1) is 0 Å². The molecule has 1 N–H and O–H groups in total. The zero-order valence-corrected chi connectivity index (χ0v) is 13.9. The van der Waals surface area contributed by atoms with Crippen molar-refractivity contribution >= 4 is 45.2 Å². The third-order valence-corrected chi connectivity index (χ3v) is 4.53. The summed E-state index contributed by atoms with van der Waals surface area (Å²) < 4.78 is 5.98. The summed E-state index contributed by atoms with van der Waals surface area (Å²) in [6, 6.07) is 17.9. The minimum atomic E-state index is 0.557. The lowest BCUT2D eigenvalue weighted by Gasteiger charge is -2.08.